The van der Waals surface area contributed by atoms with Crippen LogP contribution >= 0.6 is 0 Å². The van der Waals surface area contributed by atoms with Gasteiger partial charge in [-0.1, -0.05) is 30.3 Å². The number of carbonyl (C=O) groups is 1. The second kappa shape index (κ2) is 6.06. The first kappa shape index (κ1) is 14.5. The number of aldehydes is 1. The molecule has 1 N–H and O–H groups in total. The van der Waals surface area contributed by atoms with Crippen molar-refractivity contribution in [3.63, 3.8) is 0 Å². The maximum absolute atomic E-state index is 11.2. The number of hydrogen-bond donors (Lipinski definition) is 1. The van der Waals surface area contributed by atoms with E-state index < -0.39 is 0 Å². The molecule has 1 aromatic carbocycles. The predicted octanol–water partition coefficient (Wildman–Crippen LogP) is 3.29. The van der Waals surface area contributed by atoms with Crippen molar-refractivity contribution >= 4 is 6.29 Å². The van der Waals surface area contributed by atoms with Gasteiger partial charge in [0, 0.05) is 19.8 Å². The quantitative estimate of drug-likeness (QED) is 0.487. The fourth-order valence-electron chi connectivity index (χ4n) is 2.30. The van der Waals surface area contributed by atoms with Gasteiger partial charge in [0.05, 0.1) is 12.2 Å². The van der Waals surface area contributed by atoms with Crippen molar-refractivity contribution in [1.29, 1.82) is 0 Å². The van der Waals surface area contributed by atoms with E-state index in [2.05, 4.69) is 32.2 Å². The predicted molar refractivity (Wildman–Crippen MR) is 82.3 cm³/mol. The summed E-state index contributed by atoms with van der Waals surface area (Å²) >= 11 is 0. The maximum atomic E-state index is 11.2. The Hall–Kier alpha value is -1.87. The van der Waals surface area contributed by atoms with Gasteiger partial charge in [0.15, 0.2) is 6.29 Å². The average Bonchev–Trinajstić information content (AvgIpc) is 2.82. The number of rotatable bonds is 6. The van der Waals surface area contributed by atoms with Crippen LogP contribution in [0.25, 0.3) is 11.3 Å². The number of benzene rings is 1. The number of aryl methyl sites for hydroxylation is 1. The van der Waals surface area contributed by atoms with E-state index >= 15 is 0 Å². The van der Waals surface area contributed by atoms with E-state index in [1.54, 1.807) is 0 Å². The Morgan fingerprint density at radius 3 is 2.55 bits per heavy atom. The Labute approximate surface area is 120 Å². The maximum Gasteiger partial charge on any atom is 0.166 e. The topological polar surface area (TPSA) is 32.9 Å². The molecule has 0 atom stereocenters. The number of nitrogens with one attached hydrogen (secondary N) is 1. The smallest absolute Gasteiger partial charge is 0.166 e. The molecule has 3 heteroatoms. The Bertz CT molecular complexity index is 564. The zero-order valence-corrected chi connectivity index (χ0v) is 12.2. The lowest BCUT2D eigenvalue weighted by Crippen LogP contribution is -2.32. The van der Waals surface area contributed by atoms with Crippen LogP contribution in [0.5, 0.6) is 0 Å². The number of quaternary nitrogens is 1. The summed E-state index contributed by atoms with van der Waals surface area (Å²) in [6.45, 7) is 0.990. The van der Waals surface area contributed by atoms with Crippen LogP contribution in [0.15, 0.2) is 36.4 Å². The molecule has 0 fully saturated rings. The molecule has 1 aromatic heterocycles. The summed E-state index contributed by atoms with van der Waals surface area (Å²) in [6, 6.07) is 12.2. The Balaban J connectivity index is 2.13. The number of nitrogens with zero attached hydrogens (tertiary/aromatic N) is 1. The van der Waals surface area contributed by atoms with Crippen molar-refractivity contribution in [3.05, 3.63) is 54.7 Å². The van der Waals surface area contributed by atoms with Gasteiger partial charge < -0.3 is 9.47 Å². The molecule has 1 heterocycles. The number of aromatic nitrogens is 1. The number of carbonyl (C=O) groups excluding carboxylic acids is 1. The van der Waals surface area contributed by atoms with E-state index in [-0.39, 0.29) is 0 Å². The Morgan fingerprint density at radius 2 is 1.95 bits per heavy atom. The van der Waals surface area contributed by atoms with Crippen LogP contribution in [0.1, 0.15) is 22.5 Å². The minimum atomic E-state index is 0.693. The van der Waals surface area contributed by atoms with Crippen molar-refractivity contribution in [2.45, 2.75) is 12.8 Å². The van der Waals surface area contributed by atoms with Crippen LogP contribution in [0.3, 0.4) is 0 Å². The Kier molecular flexibility index (Phi) is 4.40. The fraction of sp³-hybridized carbons (Fsp3) is 0.294. The second-order valence-corrected chi connectivity index (χ2v) is 5.87. The lowest BCUT2D eigenvalue weighted by molar-refractivity contribution is -0.845. The van der Waals surface area contributed by atoms with Crippen LogP contribution < -0.4 is 0 Å². The van der Waals surface area contributed by atoms with Gasteiger partial charge in [-0.2, -0.15) is 0 Å². The third-order valence-corrected chi connectivity index (χ3v) is 3.35. The third kappa shape index (κ3) is 3.81. The molecule has 2 aromatic rings. The third-order valence-electron chi connectivity index (χ3n) is 3.35. The zero-order valence-electron chi connectivity index (χ0n) is 12.2. The molecule has 0 amide bonds. The lowest BCUT2D eigenvalue weighted by Gasteiger charge is -2.32. The fourth-order valence-corrected chi connectivity index (χ4v) is 2.30. The van der Waals surface area contributed by atoms with Gasteiger partial charge in [0.2, 0.25) is 0 Å². The molecular formula is C17H22N2O. The van der Waals surface area contributed by atoms with Crippen molar-refractivity contribution in [1.82, 2.24) is 4.98 Å². The SMILES string of the molecule is [CH2-][N+](C)(C)CCCc1cc(-c2ccccc2)[nH]c1C=O. The highest BCUT2D eigenvalue weighted by molar-refractivity contribution is 5.78. The minimum absolute atomic E-state index is 0.693. The molecular weight excluding hydrogens is 248 g/mol. The normalized spacial score (nSPS) is 11.6. The largest absolute Gasteiger partial charge is 0.462 e. The van der Waals surface area contributed by atoms with Gasteiger partial charge in [0.25, 0.3) is 0 Å². The number of H-pyrrole nitrogens is 1. The number of aromatic amines is 1. The van der Waals surface area contributed by atoms with Crippen LogP contribution in [0.2, 0.25) is 0 Å². The molecule has 2 rings (SSSR count). The molecule has 0 aliphatic heterocycles. The van der Waals surface area contributed by atoms with E-state index in [9.17, 15) is 4.79 Å². The molecule has 0 unspecified atom stereocenters. The molecule has 0 spiro atoms. The first-order valence-electron chi connectivity index (χ1n) is 6.89. The molecule has 20 heavy (non-hydrogen) atoms. The average molecular weight is 270 g/mol. The number of hydrogen-bond acceptors (Lipinski definition) is 1. The van der Waals surface area contributed by atoms with Gasteiger partial charge in [-0.3, -0.25) is 4.79 Å². The van der Waals surface area contributed by atoms with Crippen molar-refractivity contribution < 1.29 is 9.28 Å². The summed E-state index contributed by atoms with van der Waals surface area (Å²) in [7, 11) is 8.21. The van der Waals surface area contributed by atoms with E-state index in [0.717, 1.165) is 42.5 Å². The highest BCUT2D eigenvalue weighted by Gasteiger charge is 2.10. The molecule has 106 valence electrons. The summed E-state index contributed by atoms with van der Waals surface area (Å²) in [5, 5.41) is 0. The first-order chi connectivity index (χ1) is 9.49. The van der Waals surface area contributed by atoms with E-state index in [1.165, 1.54) is 0 Å². The van der Waals surface area contributed by atoms with Gasteiger partial charge in [0.1, 0.15) is 0 Å². The Morgan fingerprint density at radius 1 is 1.25 bits per heavy atom. The van der Waals surface area contributed by atoms with Crippen LogP contribution in [-0.2, 0) is 6.42 Å². The molecule has 0 saturated carbocycles. The molecule has 0 saturated heterocycles. The summed E-state index contributed by atoms with van der Waals surface area (Å²) < 4.78 is 0.701. The van der Waals surface area contributed by atoms with Gasteiger partial charge >= 0.3 is 0 Å². The minimum Gasteiger partial charge on any atom is -0.462 e. The zero-order chi connectivity index (χ0) is 14.6. The highest BCUT2D eigenvalue weighted by Crippen LogP contribution is 2.22. The monoisotopic (exact) mass is 270 g/mol. The lowest BCUT2D eigenvalue weighted by atomic mass is 10.1. The van der Waals surface area contributed by atoms with Gasteiger partial charge in [-0.15, -0.1) is 7.05 Å². The molecule has 3 nitrogen and oxygen atoms in total. The van der Waals surface area contributed by atoms with Crippen LogP contribution in [-0.4, -0.2) is 36.4 Å². The van der Waals surface area contributed by atoms with Gasteiger partial charge in [-0.25, -0.2) is 0 Å². The van der Waals surface area contributed by atoms with Crippen molar-refractivity contribution in [3.8, 4) is 11.3 Å². The van der Waals surface area contributed by atoms with Crippen molar-refractivity contribution in [2.24, 2.45) is 0 Å². The van der Waals surface area contributed by atoms with Crippen molar-refractivity contribution in [2.75, 3.05) is 20.6 Å². The molecule has 0 bridgehead atoms. The standard InChI is InChI=1S/C17H22N2O/c1-19(2,3)11-7-10-15-12-16(18-17(15)13-20)14-8-5-4-6-9-14/h4-6,8-9,12-13,18H,1,7,10-11H2,2-3H3. The first-order valence-corrected chi connectivity index (χ1v) is 6.89. The molecule has 0 aliphatic carbocycles. The summed E-state index contributed by atoms with van der Waals surface area (Å²) in [6.07, 6.45) is 2.82. The van der Waals surface area contributed by atoms with Gasteiger partial charge in [-0.05, 0) is 30.0 Å². The molecule has 0 aliphatic rings. The van der Waals surface area contributed by atoms with Crippen LogP contribution in [0.4, 0.5) is 0 Å². The van der Waals surface area contributed by atoms with E-state index in [4.69, 9.17) is 0 Å². The van der Waals surface area contributed by atoms with E-state index in [0.29, 0.717) is 10.2 Å². The summed E-state index contributed by atoms with van der Waals surface area (Å²) in [5.74, 6) is 0. The second-order valence-electron chi connectivity index (χ2n) is 5.87. The molecule has 0 radical (unpaired) electrons. The van der Waals surface area contributed by atoms with Crippen LogP contribution in [0, 0.1) is 7.05 Å². The van der Waals surface area contributed by atoms with E-state index in [1.807, 2.05) is 30.3 Å². The summed E-state index contributed by atoms with van der Waals surface area (Å²) in [5.41, 5.74) is 3.90. The highest BCUT2D eigenvalue weighted by atomic mass is 16.1. The summed E-state index contributed by atoms with van der Waals surface area (Å²) in [4.78, 5) is 14.4.